The van der Waals surface area contributed by atoms with E-state index in [2.05, 4.69) is 5.32 Å². The zero-order chi connectivity index (χ0) is 16.3. The maximum absolute atomic E-state index is 11.8. The summed E-state index contributed by atoms with van der Waals surface area (Å²) < 4.78 is 28.7. The number of carbonyl (C=O) groups is 1. The average molecular weight is 374 g/mol. The second-order valence-electron chi connectivity index (χ2n) is 5.60. The fraction of sp³-hybridized carbons (Fsp3) is 0.533. The third-order valence-corrected chi connectivity index (χ3v) is 8.61. The van der Waals surface area contributed by atoms with Gasteiger partial charge in [0.25, 0.3) is 5.91 Å². The number of thioether (sulfide) groups is 2. The van der Waals surface area contributed by atoms with Crippen LogP contribution < -0.4 is 10.1 Å². The van der Waals surface area contributed by atoms with Crippen LogP contribution in [0.3, 0.4) is 0 Å². The Morgan fingerprint density at radius 2 is 1.91 bits per heavy atom. The fourth-order valence-corrected chi connectivity index (χ4v) is 7.13. The number of benzene rings is 1. The van der Waals surface area contributed by atoms with Gasteiger partial charge in [0.05, 0.1) is 16.1 Å². The van der Waals surface area contributed by atoms with E-state index in [0.717, 1.165) is 0 Å². The van der Waals surface area contributed by atoms with E-state index in [1.165, 1.54) is 17.1 Å². The van der Waals surface area contributed by atoms with Gasteiger partial charge >= 0.3 is 0 Å². The van der Waals surface area contributed by atoms with Gasteiger partial charge in [-0.15, -0.1) is 23.5 Å². The van der Waals surface area contributed by atoms with Crippen LogP contribution in [0.5, 0.6) is 5.75 Å². The van der Waals surface area contributed by atoms with Crippen molar-refractivity contribution < 1.29 is 17.9 Å². The van der Waals surface area contributed by atoms with Crippen LogP contribution >= 0.6 is 23.5 Å². The summed E-state index contributed by atoms with van der Waals surface area (Å²) in [5, 5.41) is 2.71. The molecule has 23 heavy (non-hydrogen) atoms. The number of rotatable bonds is 5. The first-order chi connectivity index (χ1) is 11.0. The number of ether oxygens (including phenoxy) is 1. The highest BCUT2D eigenvalue weighted by Gasteiger charge is 2.28. The van der Waals surface area contributed by atoms with Gasteiger partial charge in [0, 0.05) is 17.5 Å². The number of hydrogen-bond acceptors (Lipinski definition) is 6. The molecule has 0 unspecified atom stereocenters. The topological polar surface area (TPSA) is 72.5 Å². The molecule has 0 saturated carbocycles. The lowest BCUT2D eigenvalue weighted by Crippen LogP contribution is -2.38. The Hall–Kier alpha value is -0.860. The lowest BCUT2D eigenvalue weighted by atomic mass is 10.2. The third kappa shape index (κ3) is 4.81. The Balaban J connectivity index is 1.45. The average Bonchev–Trinajstić information content (AvgIpc) is 3.15. The van der Waals surface area contributed by atoms with E-state index in [1.807, 2.05) is 47.8 Å². The van der Waals surface area contributed by atoms with E-state index < -0.39 is 9.84 Å². The summed E-state index contributed by atoms with van der Waals surface area (Å²) in [6.45, 7) is -0.0944. The van der Waals surface area contributed by atoms with Crippen molar-refractivity contribution in [3.8, 4) is 5.75 Å². The van der Waals surface area contributed by atoms with Gasteiger partial charge in [-0.05, 0) is 24.1 Å². The number of amides is 1. The first kappa shape index (κ1) is 17.0. The predicted octanol–water partition coefficient (Wildman–Crippen LogP) is 1.85. The van der Waals surface area contributed by atoms with Crippen LogP contribution in [0.1, 0.15) is 16.6 Å². The quantitative estimate of drug-likeness (QED) is 0.849. The van der Waals surface area contributed by atoms with Crippen LogP contribution in [0.15, 0.2) is 24.3 Å². The zero-order valence-electron chi connectivity index (χ0n) is 12.6. The Kier molecular flexibility index (Phi) is 5.43. The summed E-state index contributed by atoms with van der Waals surface area (Å²) in [5.41, 5.74) is 1.27. The van der Waals surface area contributed by atoms with Crippen molar-refractivity contribution in [2.75, 3.05) is 29.6 Å². The molecular formula is C15H19NO4S3. The summed E-state index contributed by atoms with van der Waals surface area (Å²) in [5.74, 6) is 2.92. The summed E-state index contributed by atoms with van der Waals surface area (Å²) >= 11 is 3.89. The van der Waals surface area contributed by atoms with Gasteiger partial charge in [0.15, 0.2) is 16.4 Å². The van der Waals surface area contributed by atoms with Gasteiger partial charge in [-0.25, -0.2) is 8.42 Å². The highest BCUT2D eigenvalue weighted by Crippen LogP contribution is 2.45. The van der Waals surface area contributed by atoms with Gasteiger partial charge in [0.1, 0.15) is 5.75 Å². The van der Waals surface area contributed by atoms with Gasteiger partial charge in [-0.3, -0.25) is 4.79 Å². The number of carbonyl (C=O) groups excluding carboxylic acids is 1. The lowest BCUT2D eigenvalue weighted by Gasteiger charge is -2.12. The molecule has 0 aromatic heterocycles. The van der Waals surface area contributed by atoms with Crippen molar-refractivity contribution in [3.63, 3.8) is 0 Å². The van der Waals surface area contributed by atoms with E-state index in [4.69, 9.17) is 4.74 Å². The summed E-state index contributed by atoms with van der Waals surface area (Å²) in [4.78, 5) is 11.8. The minimum atomic E-state index is -2.98. The first-order valence-electron chi connectivity index (χ1n) is 7.48. The molecule has 1 aromatic carbocycles. The molecular weight excluding hydrogens is 354 g/mol. The Labute approximate surface area is 144 Å². The molecule has 126 valence electrons. The second-order valence-corrected chi connectivity index (χ2v) is 10.6. The lowest BCUT2D eigenvalue weighted by molar-refractivity contribution is -0.123. The van der Waals surface area contributed by atoms with Crippen molar-refractivity contribution in [3.05, 3.63) is 29.8 Å². The van der Waals surface area contributed by atoms with Crippen molar-refractivity contribution in [1.29, 1.82) is 0 Å². The van der Waals surface area contributed by atoms with E-state index in [1.54, 1.807) is 0 Å². The maximum Gasteiger partial charge on any atom is 0.258 e. The second kappa shape index (κ2) is 7.36. The summed E-state index contributed by atoms with van der Waals surface area (Å²) in [7, 11) is -2.98. The van der Waals surface area contributed by atoms with Crippen molar-refractivity contribution >= 4 is 39.3 Å². The maximum atomic E-state index is 11.8. The Morgan fingerprint density at radius 1 is 1.22 bits per heavy atom. The third-order valence-electron chi connectivity index (χ3n) is 3.74. The molecule has 8 heteroatoms. The van der Waals surface area contributed by atoms with Crippen LogP contribution in [0.25, 0.3) is 0 Å². The van der Waals surface area contributed by atoms with Crippen molar-refractivity contribution in [2.24, 2.45) is 0 Å². The standard InChI is InChI=1S/C15H19NO4S3/c17-14(16-12-5-8-23(18,19)10-12)9-20-13-3-1-11(2-4-13)15-21-6-7-22-15/h1-4,12,15H,5-10H2,(H,16,17)/t12-/m0/s1. The molecule has 0 radical (unpaired) electrons. The van der Waals surface area contributed by atoms with Crippen LogP contribution in [-0.2, 0) is 14.6 Å². The molecule has 1 aromatic rings. The highest BCUT2D eigenvalue weighted by molar-refractivity contribution is 8.19. The molecule has 0 spiro atoms. The summed E-state index contributed by atoms with van der Waals surface area (Å²) in [6.07, 6.45) is 0.486. The number of sulfone groups is 1. The van der Waals surface area contributed by atoms with Crippen LogP contribution in [0.4, 0.5) is 0 Å². The molecule has 1 atom stereocenters. The Morgan fingerprint density at radius 3 is 2.52 bits per heavy atom. The molecule has 5 nitrogen and oxygen atoms in total. The SMILES string of the molecule is O=C(COc1ccc(C2SCCS2)cc1)N[C@H]1CCS(=O)(=O)C1. The molecule has 0 bridgehead atoms. The molecule has 3 rings (SSSR count). The largest absolute Gasteiger partial charge is 0.484 e. The molecule has 1 amide bonds. The molecule has 2 aliphatic heterocycles. The summed E-state index contributed by atoms with van der Waals surface area (Å²) in [6, 6.07) is 7.54. The monoisotopic (exact) mass is 373 g/mol. The predicted molar refractivity (Wildman–Crippen MR) is 94.8 cm³/mol. The molecule has 2 fully saturated rings. The molecule has 0 aliphatic carbocycles. The van der Waals surface area contributed by atoms with Crippen LogP contribution in [-0.4, -0.2) is 50.0 Å². The van der Waals surface area contributed by atoms with Crippen molar-refractivity contribution in [2.45, 2.75) is 17.0 Å². The normalized spacial score (nSPS) is 23.7. The van der Waals surface area contributed by atoms with Crippen molar-refractivity contribution in [1.82, 2.24) is 5.32 Å². The zero-order valence-corrected chi connectivity index (χ0v) is 15.0. The van der Waals surface area contributed by atoms with Gasteiger partial charge < -0.3 is 10.1 Å². The van der Waals surface area contributed by atoms with E-state index in [0.29, 0.717) is 16.8 Å². The highest BCUT2D eigenvalue weighted by atomic mass is 32.2. The minimum Gasteiger partial charge on any atom is -0.484 e. The van der Waals surface area contributed by atoms with E-state index in [-0.39, 0.29) is 30.1 Å². The fourth-order valence-electron chi connectivity index (χ4n) is 2.60. The number of hydrogen-bond donors (Lipinski definition) is 1. The number of nitrogens with one attached hydrogen (secondary N) is 1. The first-order valence-corrected chi connectivity index (χ1v) is 11.4. The van der Waals surface area contributed by atoms with Crippen LogP contribution in [0, 0.1) is 0 Å². The van der Waals surface area contributed by atoms with E-state index in [9.17, 15) is 13.2 Å². The van der Waals surface area contributed by atoms with Gasteiger partial charge in [-0.2, -0.15) is 0 Å². The van der Waals surface area contributed by atoms with Gasteiger partial charge in [0.2, 0.25) is 0 Å². The minimum absolute atomic E-state index is 0.0319. The van der Waals surface area contributed by atoms with Gasteiger partial charge in [-0.1, -0.05) is 12.1 Å². The Bertz CT molecular complexity index is 654. The molecule has 2 aliphatic rings. The molecule has 2 saturated heterocycles. The smallest absolute Gasteiger partial charge is 0.258 e. The van der Waals surface area contributed by atoms with Crippen LogP contribution in [0.2, 0.25) is 0 Å². The molecule has 1 N–H and O–H groups in total. The van der Waals surface area contributed by atoms with E-state index >= 15 is 0 Å². The molecule has 2 heterocycles.